The van der Waals surface area contributed by atoms with Gasteiger partial charge in [0.15, 0.2) is 0 Å². The van der Waals surface area contributed by atoms with E-state index in [4.69, 9.17) is 4.74 Å². The third-order valence-electron chi connectivity index (χ3n) is 4.28. The van der Waals surface area contributed by atoms with Crippen LogP contribution >= 0.6 is 0 Å². The summed E-state index contributed by atoms with van der Waals surface area (Å²) in [7, 11) is 0. The van der Waals surface area contributed by atoms with Crippen molar-refractivity contribution in [3.8, 4) is 0 Å². The fourth-order valence-electron chi connectivity index (χ4n) is 3.02. The van der Waals surface area contributed by atoms with Crippen LogP contribution in [-0.4, -0.2) is 61.0 Å². The van der Waals surface area contributed by atoms with Crippen LogP contribution in [0, 0.1) is 5.92 Å². The van der Waals surface area contributed by atoms with Crippen LogP contribution in [0.5, 0.6) is 0 Å². The zero-order valence-corrected chi connectivity index (χ0v) is 12.5. The van der Waals surface area contributed by atoms with Crippen LogP contribution in [0.3, 0.4) is 0 Å². The lowest BCUT2D eigenvalue weighted by Gasteiger charge is -2.33. The lowest BCUT2D eigenvalue weighted by Crippen LogP contribution is -2.45. The summed E-state index contributed by atoms with van der Waals surface area (Å²) in [6.45, 7) is 6.27. The van der Waals surface area contributed by atoms with E-state index >= 15 is 0 Å². The van der Waals surface area contributed by atoms with Crippen molar-refractivity contribution in [1.29, 1.82) is 0 Å². The largest absolute Gasteiger partial charge is 0.466 e. The molecule has 0 radical (unpaired) electrons. The first-order valence-electron chi connectivity index (χ1n) is 7.87. The number of carbonyl (C=O) groups excluding carboxylic acids is 2. The number of hydrogen-bond acceptors (Lipinski definition) is 4. The Labute approximate surface area is 121 Å². The molecule has 0 unspecified atom stereocenters. The van der Waals surface area contributed by atoms with Crippen LogP contribution in [0.15, 0.2) is 0 Å². The van der Waals surface area contributed by atoms with Gasteiger partial charge < -0.3 is 9.64 Å². The van der Waals surface area contributed by atoms with Crippen molar-refractivity contribution in [2.75, 3.05) is 39.3 Å². The molecule has 2 aliphatic rings. The summed E-state index contributed by atoms with van der Waals surface area (Å²) in [6.07, 6.45) is 5.14. The Morgan fingerprint density at radius 2 is 1.70 bits per heavy atom. The first kappa shape index (κ1) is 15.3. The molecule has 2 saturated heterocycles. The van der Waals surface area contributed by atoms with Crippen LogP contribution < -0.4 is 0 Å². The van der Waals surface area contributed by atoms with Crippen LogP contribution in [0.2, 0.25) is 0 Å². The summed E-state index contributed by atoms with van der Waals surface area (Å²) in [5, 5.41) is 0. The van der Waals surface area contributed by atoms with Gasteiger partial charge in [0.1, 0.15) is 0 Å². The van der Waals surface area contributed by atoms with Gasteiger partial charge in [0, 0.05) is 13.1 Å². The Kier molecular flexibility index (Phi) is 5.83. The second-order valence-electron chi connectivity index (χ2n) is 5.74. The molecule has 5 heteroatoms. The number of ether oxygens (including phenoxy) is 1. The van der Waals surface area contributed by atoms with E-state index in [1.807, 2.05) is 11.8 Å². The number of rotatable bonds is 4. The van der Waals surface area contributed by atoms with Crippen molar-refractivity contribution in [3.63, 3.8) is 0 Å². The highest BCUT2D eigenvalue weighted by Gasteiger charge is 2.27. The van der Waals surface area contributed by atoms with Crippen molar-refractivity contribution in [3.05, 3.63) is 0 Å². The molecule has 0 aromatic rings. The van der Waals surface area contributed by atoms with Crippen molar-refractivity contribution in [2.45, 2.75) is 39.0 Å². The summed E-state index contributed by atoms with van der Waals surface area (Å²) in [4.78, 5) is 28.0. The monoisotopic (exact) mass is 282 g/mol. The van der Waals surface area contributed by atoms with E-state index in [1.54, 1.807) is 0 Å². The number of piperidine rings is 2. The quantitative estimate of drug-likeness (QED) is 0.729. The van der Waals surface area contributed by atoms with Crippen LogP contribution in [0.25, 0.3) is 0 Å². The number of carbonyl (C=O) groups is 2. The fraction of sp³-hybridized carbons (Fsp3) is 0.867. The molecule has 2 fully saturated rings. The van der Waals surface area contributed by atoms with E-state index in [1.165, 1.54) is 6.42 Å². The molecule has 0 aliphatic carbocycles. The third kappa shape index (κ3) is 4.20. The van der Waals surface area contributed by atoms with Crippen LogP contribution in [0.4, 0.5) is 0 Å². The maximum absolute atomic E-state index is 12.2. The first-order valence-corrected chi connectivity index (χ1v) is 7.87. The average molecular weight is 282 g/mol. The van der Waals surface area contributed by atoms with Crippen molar-refractivity contribution < 1.29 is 14.3 Å². The minimum absolute atomic E-state index is 0.0243. The normalized spacial score (nSPS) is 21.8. The molecular weight excluding hydrogens is 256 g/mol. The molecule has 1 amide bonds. The second-order valence-corrected chi connectivity index (χ2v) is 5.74. The topological polar surface area (TPSA) is 49.9 Å². The van der Waals surface area contributed by atoms with E-state index in [-0.39, 0.29) is 17.8 Å². The number of likely N-dealkylation sites (tertiary alicyclic amines) is 2. The molecule has 20 heavy (non-hydrogen) atoms. The number of amides is 1. The minimum atomic E-state index is -0.0745. The van der Waals surface area contributed by atoms with Crippen LogP contribution in [0.1, 0.15) is 39.0 Å². The Morgan fingerprint density at radius 3 is 2.30 bits per heavy atom. The van der Waals surface area contributed by atoms with Crippen molar-refractivity contribution in [1.82, 2.24) is 9.80 Å². The summed E-state index contributed by atoms with van der Waals surface area (Å²) in [5.41, 5.74) is 0. The molecular formula is C15H26N2O3. The van der Waals surface area contributed by atoms with E-state index < -0.39 is 0 Å². The summed E-state index contributed by atoms with van der Waals surface area (Å²) < 4.78 is 5.06. The second kappa shape index (κ2) is 7.62. The molecule has 0 bridgehead atoms. The maximum Gasteiger partial charge on any atom is 0.309 e. The smallest absolute Gasteiger partial charge is 0.309 e. The molecule has 0 aromatic carbocycles. The molecule has 114 valence electrons. The number of nitrogens with zero attached hydrogens (tertiary/aromatic N) is 2. The van der Waals surface area contributed by atoms with Gasteiger partial charge in [-0.2, -0.15) is 0 Å². The Bertz CT molecular complexity index is 332. The van der Waals surface area contributed by atoms with Gasteiger partial charge in [0.25, 0.3) is 0 Å². The predicted molar refractivity (Wildman–Crippen MR) is 76.2 cm³/mol. The van der Waals surface area contributed by atoms with E-state index in [0.29, 0.717) is 13.2 Å². The standard InChI is InChI=1S/C15H26N2O3/c1-2-20-15(19)13-6-10-16(11-7-13)12-14(18)17-8-4-3-5-9-17/h13H,2-12H2,1H3. The molecule has 0 atom stereocenters. The Balaban J connectivity index is 1.71. The molecule has 0 N–H and O–H groups in total. The third-order valence-corrected chi connectivity index (χ3v) is 4.28. The lowest BCUT2D eigenvalue weighted by atomic mass is 9.97. The van der Waals surface area contributed by atoms with Crippen molar-refractivity contribution >= 4 is 11.9 Å². The van der Waals surface area contributed by atoms with Gasteiger partial charge in [-0.1, -0.05) is 0 Å². The molecule has 5 nitrogen and oxygen atoms in total. The SMILES string of the molecule is CCOC(=O)C1CCN(CC(=O)N2CCCCC2)CC1. The summed E-state index contributed by atoms with van der Waals surface area (Å²) in [6, 6.07) is 0. The van der Waals surface area contributed by atoms with Gasteiger partial charge in [0.2, 0.25) is 5.91 Å². The molecule has 0 spiro atoms. The number of esters is 1. The molecule has 0 saturated carbocycles. The molecule has 0 aromatic heterocycles. The van der Waals surface area contributed by atoms with E-state index in [0.717, 1.165) is 51.9 Å². The van der Waals surface area contributed by atoms with E-state index in [2.05, 4.69) is 4.90 Å². The van der Waals surface area contributed by atoms with Gasteiger partial charge in [0.05, 0.1) is 19.1 Å². The van der Waals surface area contributed by atoms with Crippen molar-refractivity contribution in [2.24, 2.45) is 5.92 Å². The van der Waals surface area contributed by atoms with Gasteiger partial charge in [-0.3, -0.25) is 14.5 Å². The molecule has 2 aliphatic heterocycles. The predicted octanol–water partition coefficient (Wildman–Crippen LogP) is 1.27. The van der Waals surface area contributed by atoms with Gasteiger partial charge >= 0.3 is 5.97 Å². The summed E-state index contributed by atoms with van der Waals surface area (Å²) >= 11 is 0. The lowest BCUT2D eigenvalue weighted by molar-refractivity contribution is -0.149. The van der Waals surface area contributed by atoms with Gasteiger partial charge in [-0.25, -0.2) is 0 Å². The summed E-state index contributed by atoms with van der Waals surface area (Å²) in [5.74, 6) is 0.199. The van der Waals surface area contributed by atoms with Gasteiger partial charge in [-0.05, 0) is 52.1 Å². The van der Waals surface area contributed by atoms with E-state index in [9.17, 15) is 9.59 Å². The Morgan fingerprint density at radius 1 is 1.05 bits per heavy atom. The fourth-order valence-corrected chi connectivity index (χ4v) is 3.02. The highest BCUT2D eigenvalue weighted by Crippen LogP contribution is 2.19. The zero-order valence-electron chi connectivity index (χ0n) is 12.5. The maximum atomic E-state index is 12.2. The zero-order chi connectivity index (χ0) is 14.4. The minimum Gasteiger partial charge on any atom is -0.466 e. The Hall–Kier alpha value is -1.10. The number of hydrogen-bond donors (Lipinski definition) is 0. The average Bonchev–Trinajstić information content (AvgIpc) is 2.49. The highest BCUT2D eigenvalue weighted by molar-refractivity contribution is 5.78. The first-order chi connectivity index (χ1) is 9.70. The molecule has 2 heterocycles. The molecule has 2 rings (SSSR count). The highest BCUT2D eigenvalue weighted by atomic mass is 16.5. The van der Waals surface area contributed by atoms with Gasteiger partial charge in [-0.15, -0.1) is 0 Å². The van der Waals surface area contributed by atoms with Crippen LogP contribution in [-0.2, 0) is 14.3 Å².